The van der Waals surface area contributed by atoms with Gasteiger partial charge in [0.25, 0.3) is 5.91 Å². The number of nitrogens with zero attached hydrogens (tertiary/aromatic N) is 4. The van der Waals surface area contributed by atoms with Crippen LogP contribution in [0, 0.1) is 0 Å². The van der Waals surface area contributed by atoms with E-state index in [0.29, 0.717) is 28.9 Å². The first-order chi connectivity index (χ1) is 11.3. The van der Waals surface area contributed by atoms with Gasteiger partial charge in [-0.3, -0.25) is 9.78 Å². The second kappa shape index (κ2) is 5.64. The molecule has 8 heteroatoms. The molecule has 0 radical (unpaired) electrons. The molecule has 8 nitrogen and oxygen atoms in total. The van der Waals surface area contributed by atoms with Crippen LogP contribution < -0.4 is 5.32 Å². The fourth-order valence-electron chi connectivity index (χ4n) is 2.15. The lowest BCUT2D eigenvalue weighted by Gasteiger charge is -2.00. The van der Waals surface area contributed by atoms with Crippen molar-refractivity contribution in [3.05, 3.63) is 47.8 Å². The van der Waals surface area contributed by atoms with Crippen molar-refractivity contribution in [1.29, 1.82) is 0 Å². The number of carbonyl (C=O) groups excluding carboxylic acids is 1. The summed E-state index contributed by atoms with van der Waals surface area (Å²) in [6, 6.07) is 5.09. The van der Waals surface area contributed by atoms with Crippen LogP contribution in [0.15, 0.2) is 39.6 Å². The first-order valence-corrected chi connectivity index (χ1v) is 7.27. The van der Waals surface area contributed by atoms with Crippen molar-refractivity contribution in [2.75, 3.05) is 0 Å². The van der Waals surface area contributed by atoms with E-state index in [-0.39, 0.29) is 12.5 Å². The van der Waals surface area contributed by atoms with Gasteiger partial charge in [0.15, 0.2) is 5.69 Å². The van der Waals surface area contributed by atoms with Gasteiger partial charge in [-0.2, -0.15) is 4.98 Å². The van der Waals surface area contributed by atoms with Gasteiger partial charge in [-0.1, -0.05) is 10.3 Å². The highest BCUT2D eigenvalue weighted by molar-refractivity contribution is 5.93. The van der Waals surface area contributed by atoms with E-state index >= 15 is 0 Å². The second-order valence-electron chi connectivity index (χ2n) is 5.32. The van der Waals surface area contributed by atoms with E-state index in [1.54, 1.807) is 24.5 Å². The first kappa shape index (κ1) is 13.6. The number of aromatic nitrogens is 4. The highest BCUT2D eigenvalue weighted by Crippen LogP contribution is 2.40. The molecule has 0 atom stereocenters. The van der Waals surface area contributed by atoms with E-state index in [9.17, 15) is 4.79 Å². The fraction of sp³-hybridized carbons (Fsp3) is 0.267. The summed E-state index contributed by atoms with van der Waals surface area (Å²) >= 11 is 0. The fourth-order valence-corrected chi connectivity index (χ4v) is 2.15. The minimum Gasteiger partial charge on any atom is -0.360 e. The van der Waals surface area contributed by atoms with Gasteiger partial charge in [0.05, 0.1) is 6.54 Å². The maximum Gasteiger partial charge on any atom is 0.251 e. The predicted octanol–water partition coefficient (Wildman–Crippen LogP) is 1.93. The summed E-state index contributed by atoms with van der Waals surface area (Å²) < 4.78 is 10.4. The largest absolute Gasteiger partial charge is 0.360 e. The topological polar surface area (TPSA) is 107 Å². The molecule has 4 rings (SSSR count). The smallest absolute Gasteiger partial charge is 0.251 e. The minimum atomic E-state index is -0.232. The number of hydrogen-bond donors (Lipinski definition) is 1. The molecule has 116 valence electrons. The Morgan fingerprint density at radius 2 is 2.04 bits per heavy atom. The van der Waals surface area contributed by atoms with Crippen LogP contribution in [0.1, 0.15) is 40.8 Å². The van der Waals surface area contributed by atoms with Crippen molar-refractivity contribution < 1.29 is 13.8 Å². The zero-order valence-corrected chi connectivity index (χ0v) is 12.1. The molecule has 0 unspecified atom stereocenters. The molecule has 3 aromatic heterocycles. The summed E-state index contributed by atoms with van der Waals surface area (Å²) in [5.41, 5.74) is 1.06. The molecule has 1 saturated carbocycles. The van der Waals surface area contributed by atoms with Gasteiger partial charge in [-0.15, -0.1) is 0 Å². The molecule has 1 aliphatic rings. The highest BCUT2D eigenvalue weighted by Gasteiger charge is 2.28. The van der Waals surface area contributed by atoms with E-state index < -0.39 is 0 Å². The van der Waals surface area contributed by atoms with Crippen LogP contribution >= 0.6 is 0 Å². The number of rotatable bonds is 5. The van der Waals surface area contributed by atoms with Gasteiger partial charge in [0.1, 0.15) is 5.76 Å². The molecular weight excluding hydrogens is 298 g/mol. The number of pyridine rings is 1. The quantitative estimate of drug-likeness (QED) is 0.767. The zero-order chi connectivity index (χ0) is 15.6. The summed E-state index contributed by atoms with van der Waals surface area (Å²) in [6.45, 7) is 0.140. The highest BCUT2D eigenvalue weighted by atomic mass is 16.5. The van der Waals surface area contributed by atoms with Gasteiger partial charge in [0, 0.05) is 29.9 Å². The summed E-state index contributed by atoms with van der Waals surface area (Å²) in [5, 5.41) is 10.5. The molecule has 23 heavy (non-hydrogen) atoms. The molecule has 1 amide bonds. The van der Waals surface area contributed by atoms with Crippen molar-refractivity contribution >= 4 is 5.91 Å². The molecule has 0 saturated heterocycles. The first-order valence-electron chi connectivity index (χ1n) is 7.27. The van der Waals surface area contributed by atoms with Gasteiger partial charge in [-0.05, 0) is 25.0 Å². The molecule has 1 fully saturated rings. The summed E-state index contributed by atoms with van der Waals surface area (Å²) in [6.07, 6.45) is 5.38. The Balaban J connectivity index is 1.40. The molecule has 1 N–H and O–H groups in total. The van der Waals surface area contributed by atoms with E-state index in [2.05, 4.69) is 25.6 Å². The molecule has 3 heterocycles. The third-order valence-electron chi connectivity index (χ3n) is 3.55. The zero-order valence-electron chi connectivity index (χ0n) is 12.1. The molecule has 0 spiro atoms. The van der Waals surface area contributed by atoms with Crippen LogP contribution in [0.25, 0.3) is 11.5 Å². The monoisotopic (exact) mass is 311 g/mol. The van der Waals surface area contributed by atoms with Crippen LogP contribution in [0.3, 0.4) is 0 Å². The molecular formula is C15H13N5O3. The standard InChI is InChI=1S/C15H13N5O3/c21-15(10-3-5-16-6-4-10)17-8-13-18-14(20-23-13)11-7-12(22-19-11)9-1-2-9/h3-7,9H,1-2,8H2,(H,17,21). The van der Waals surface area contributed by atoms with Gasteiger partial charge < -0.3 is 14.4 Å². The van der Waals surface area contributed by atoms with Crippen molar-refractivity contribution in [2.24, 2.45) is 0 Å². The molecule has 3 aromatic rings. The lowest BCUT2D eigenvalue weighted by Crippen LogP contribution is -2.22. The Morgan fingerprint density at radius 3 is 2.83 bits per heavy atom. The molecule has 0 aliphatic heterocycles. The SMILES string of the molecule is O=C(NCc1nc(-c2cc(C3CC3)on2)no1)c1ccncc1. The van der Waals surface area contributed by atoms with Crippen molar-refractivity contribution in [2.45, 2.75) is 25.3 Å². The van der Waals surface area contributed by atoms with E-state index in [1.807, 2.05) is 6.07 Å². The summed E-state index contributed by atoms with van der Waals surface area (Å²) in [4.78, 5) is 20.0. The van der Waals surface area contributed by atoms with Crippen LogP contribution in [0.2, 0.25) is 0 Å². The van der Waals surface area contributed by atoms with Crippen LogP contribution in [-0.2, 0) is 6.54 Å². The van der Waals surface area contributed by atoms with E-state index in [1.165, 1.54) is 0 Å². The molecule has 0 bridgehead atoms. The van der Waals surface area contributed by atoms with Crippen LogP contribution in [0.4, 0.5) is 0 Å². The Bertz CT molecular complexity index is 823. The summed E-state index contributed by atoms with van der Waals surface area (Å²) in [5.74, 6) is 1.76. The average Bonchev–Trinajstić information content (AvgIpc) is 3.13. The van der Waals surface area contributed by atoms with Gasteiger partial charge in [0.2, 0.25) is 11.7 Å². The Morgan fingerprint density at radius 1 is 1.22 bits per heavy atom. The predicted molar refractivity (Wildman–Crippen MR) is 77.2 cm³/mol. The summed E-state index contributed by atoms with van der Waals surface area (Å²) in [7, 11) is 0. The van der Waals surface area contributed by atoms with Gasteiger partial charge in [-0.25, -0.2) is 0 Å². The Labute approximate surface area is 130 Å². The Hall–Kier alpha value is -3.03. The number of hydrogen-bond acceptors (Lipinski definition) is 7. The van der Waals surface area contributed by atoms with E-state index in [0.717, 1.165) is 18.6 Å². The number of nitrogens with one attached hydrogen (secondary N) is 1. The lowest BCUT2D eigenvalue weighted by molar-refractivity contribution is 0.0946. The molecule has 1 aliphatic carbocycles. The average molecular weight is 311 g/mol. The number of amides is 1. The van der Waals surface area contributed by atoms with Crippen molar-refractivity contribution in [1.82, 2.24) is 25.6 Å². The lowest BCUT2D eigenvalue weighted by atomic mass is 10.2. The third-order valence-corrected chi connectivity index (χ3v) is 3.55. The van der Waals surface area contributed by atoms with Crippen LogP contribution in [0.5, 0.6) is 0 Å². The van der Waals surface area contributed by atoms with Crippen molar-refractivity contribution in [3.63, 3.8) is 0 Å². The van der Waals surface area contributed by atoms with Crippen molar-refractivity contribution in [3.8, 4) is 11.5 Å². The second-order valence-corrected chi connectivity index (χ2v) is 5.32. The van der Waals surface area contributed by atoms with Gasteiger partial charge >= 0.3 is 0 Å². The minimum absolute atomic E-state index is 0.140. The normalized spacial score (nSPS) is 13.9. The van der Waals surface area contributed by atoms with Crippen LogP contribution in [-0.4, -0.2) is 26.2 Å². The molecule has 0 aromatic carbocycles. The third kappa shape index (κ3) is 2.96. The maximum absolute atomic E-state index is 11.9. The van der Waals surface area contributed by atoms with E-state index in [4.69, 9.17) is 9.05 Å². The maximum atomic E-state index is 11.9. The number of carbonyl (C=O) groups is 1. The Kier molecular flexibility index (Phi) is 3.34.